The Bertz CT molecular complexity index is 652. The highest BCUT2D eigenvalue weighted by Gasteiger charge is 2.17. The Morgan fingerprint density at radius 2 is 1.71 bits per heavy atom. The molecule has 0 radical (unpaired) electrons. The lowest BCUT2D eigenvalue weighted by atomic mass is 10.1. The number of aryl methyl sites for hydroxylation is 1. The lowest BCUT2D eigenvalue weighted by molar-refractivity contribution is -0.120. The van der Waals surface area contributed by atoms with Crippen molar-refractivity contribution in [1.29, 1.82) is 0 Å². The minimum Gasteiger partial charge on any atom is -0.494 e. The third kappa shape index (κ3) is 5.31. The first-order chi connectivity index (χ1) is 11.5. The molecule has 2 aromatic carbocycles. The van der Waals surface area contributed by atoms with E-state index in [-0.39, 0.29) is 17.2 Å². The van der Waals surface area contributed by atoms with E-state index in [1.165, 1.54) is 5.56 Å². The summed E-state index contributed by atoms with van der Waals surface area (Å²) in [6.07, 6.45) is 0. The van der Waals surface area contributed by atoms with Gasteiger partial charge in [0.1, 0.15) is 5.75 Å². The number of thioether (sulfide) groups is 1. The Hall–Kier alpha value is -1.94. The van der Waals surface area contributed by atoms with Crippen molar-refractivity contribution in [3.63, 3.8) is 0 Å². The van der Waals surface area contributed by atoms with Crippen LogP contribution in [0.2, 0.25) is 0 Å². The number of amides is 1. The molecule has 2 aromatic rings. The van der Waals surface area contributed by atoms with Gasteiger partial charge in [0.25, 0.3) is 0 Å². The Kier molecular flexibility index (Phi) is 6.73. The quantitative estimate of drug-likeness (QED) is 0.737. The molecule has 3 nitrogen and oxygen atoms in total. The Morgan fingerprint density at radius 3 is 2.29 bits per heavy atom. The average Bonchev–Trinajstić information content (AvgIpc) is 2.57. The van der Waals surface area contributed by atoms with Gasteiger partial charge in [-0.2, -0.15) is 0 Å². The number of carbonyl (C=O) groups is 1. The molecule has 0 aliphatic carbocycles. The van der Waals surface area contributed by atoms with Crippen molar-refractivity contribution in [1.82, 2.24) is 5.32 Å². The predicted molar refractivity (Wildman–Crippen MR) is 101 cm³/mol. The lowest BCUT2D eigenvalue weighted by Gasteiger charge is -2.18. The standard InChI is InChI=1S/C20H25NO2S/c1-5-23-18-10-8-17(9-11-18)15(3)21-20(22)16(4)24-19-12-6-14(2)7-13-19/h6-13,15-16H,5H2,1-4H3,(H,21,22)/t15-,16+/m1/s1. The van der Waals surface area contributed by atoms with E-state index in [2.05, 4.69) is 36.5 Å². The molecule has 2 rings (SSSR count). The zero-order valence-electron chi connectivity index (χ0n) is 14.7. The van der Waals surface area contributed by atoms with E-state index in [9.17, 15) is 4.79 Å². The van der Waals surface area contributed by atoms with Crippen molar-refractivity contribution in [3.8, 4) is 5.75 Å². The summed E-state index contributed by atoms with van der Waals surface area (Å²) in [5, 5.41) is 2.94. The fourth-order valence-electron chi connectivity index (χ4n) is 2.31. The maximum atomic E-state index is 12.4. The molecule has 2 atom stereocenters. The predicted octanol–water partition coefficient (Wildman–Crippen LogP) is 4.75. The van der Waals surface area contributed by atoms with Crippen molar-refractivity contribution in [2.24, 2.45) is 0 Å². The zero-order valence-corrected chi connectivity index (χ0v) is 15.5. The molecule has 1 amide bonds. The van der Waals surface area contributed by atoms with Gasteiger partial charge in [0.15, 0.2) is 0 Å². The van der Waals surface area contributed by atoms with Crippen LogP contribution in [0.4, 0.5) is 0 Å². The summed E-state index contributed by atoms with van der Waals surface area (Å²) < 4.78 is 5.44. The van der Waals surface area contributed by atoms with Crippen LogP contribution in [0, 0.1) is 6.92 Å². The van der Waals surface area contributed by atoms with Crippen molar-refractivity contribution in [2.75, 3.05) is 6.61 Å². The molecule has 0 spiro atoms. The van der Waals surface area contributed by atoms with Crippen LogP contribution in [0.5, 0.6) is 5.75 Å². The third-order valence-corrected chi connectivity index (χ3v) is 4.86. The second kappa shape index (κ2) is 8.78. The van der Waals surface area contributed by atoms with E-state index < -0.39 is 0 Å². The highest BCUT2D eigenvalue weighted by molar-refractivity contribution is 8.00. The monoisotopic (exact) mass is 343 g/mol. The van der Waals surface area contributed by atoms with Crippen LogP contribution in [0.25, 0.3) is 0 Å². The normalized spacial score (nSPS) is 13.2. The summed E-state index contributed by atoms with van der Waals surface area (Å²) in [6.45, 7) is 8.61. The van der Waals surface area contributed by atoms with Gasteiger partial charge in [-0.05, 0) is 57.5 Å². The molecule has 1 N–H and O–H groups in total. The first kappa shape index (κ1) is 18.4. The second-order valence-electron chi connectivity index (χ2n) is 5.81. The van der Waals surface area contributed by atoms with E-state index in [1.807, 2.05) is 45.0 Å². The van der Waals surface area contributed by atoms with Gasteiger partial charge in [-0.1, -0.05) is 29.8 Å². The average molecular weight is 343 g/mol. The third-order valence-electron chi connectivity index (χ3n) is 3.75. The summed E-state index contributed by atoms with van der Waals surface area (Å²) in [6, 6.07) is 16.1. The molecule has 24 heavy (non-hydrogen) atoms. The van der Waals surface area contributed by atoms with Crippen molar-refractivity contribution < 1.29 is 9.53 Å². The van der Waals surface area contributed by atoms with E-state index in [0.717, 1.165) is 16.2 Å². The van der Waals surface area contributed by atoms with Gasteiger partial charge in [-0.15, -0.1) is 11.8 Å². The molecule has 0 saturated carbocycles. The van der Waals surface area contributed by atoms with Gasteiger partial charge < -0.3 is 10.1 Å². The molecule has 0 aliphatic rings. The van der Waals surface area contributed by atoms with Crippen LogP contribution in [0.1, 0.15) is 37.9 Å². The lowest BCUT2D eigenvalue weighted by Crippen LogP contribution is -2.33. The van der Waals surface area contributed by atoms with Crippen molar-refractivity contribution in [3.05, 3.63) is 59.7 Å². The molecule has 0 saturated heterocycles. The number of hydrogen-bond acceptors (Lipinski definition) is 3. The first-order valence-electron chi connectivity index (χ1n) is 8.26. The molecule has 0 fully saturated rings. The molecule has 0 bridgehead atoms. The zero-order chi connectivity index (χ0) is 17.5. The number of rotatable bonds is 7. The molecule has 0 heterocycles. The highest BCUT2D eigenvalue weighted by Crippen LogP contribution is 2.24. The first-order valence-corrected chi connectivity index (χ1v) is 9.14. The fraction of sp³-hybridized carbons (Fsp3) is 0.350. The smallest absolute Gasteiger partial charge is 0.233 e. The van der Waals surface area contributed by atoms with Crippen LogP contribution < -0.4 is 10.1 Å². The number of nitrogens with one attached hydrogen (secondary N) is 1. The summed E-state index contributed by atoms with van der Waals surface area (Å²) in [5.74, 6) is 0.894. The van der Waals surface area contributed by atoms with Gasteiger partial charge in [0, 0.05) is 4.90 Å². The van der Waals surface area contributed by atoms with Gasteiger partial charge in [0.05, 0.1) is 17.9 Å². The van der Waals surface area contributed by atoms with Crippen molar-refractivity contribution in [2.45, 2.75) is 43.9 Å². The molecule has 0 aromatic heterocycles. The van der Waals surface area contributed by atoms with Crippen LogP contribution in [0.3, 0.4) is 0 Å². The Balaban J connectivity index is 1.91. The minimum atomic E-state index is -0.141. The SMILES string of the molecule is CCOc1ccc([C@@H](C)NC(=O)[C@H](C)Sc2ccc(C)cc2)cc1. The van der Waals surface area contributed by atoms with Gasteiger partial charge >= 0.3 is 0 Å². The molecule has 128 valence electrons. The fourth-order valence-corrected chi connectivity index (χ4v) is 3.18. The summed E-state index contributed by atoms with van der Waals surface area (Å²) >= 11 is 1.57. The molecular weight excluding hydrogens is 318 g/mol. The van der Waals surface area contributed by atoms with Gasteiger partial charge in [0.2, 0.25) is 5.91 Å². The van der Waals surface area contributed by atoms with E-state index in [1.54, 1.807) is 11.8 Å². The molecule has 4 heteroatoms. The van der Waals surface area contributed by atoms with Crippen LogP contribution >= 0.6 is 11.8 Å². The van der Waals surface area contributed by atoms with Crippen LogP contribution in [-0.4, -0.2) is 17.8 Å². The summed E-state index contributed by atoms with van der Waals surface area (Å²) in [7, 11) is 0. The largest absolute Gasteiger partial charge is 0.494 e. The number of benzene rings is 2. The topological polar surface area (TPSA) is 38.3 Å². The van der Waals surface area contributed by atoms with Crippen molar-refractivity contribution >= 4 is 17.7 Å². The summed E-state index contributed by atoms with van der Waals surface area (Å²) in [4.78, 5) is 13.5. The van der Waals surface area contributed by atoms with Crippen LogP contribution in [-0.2, 0) is 4.79 Å². The number of carbonyl (C=O) groups excluding carboxylic acids is 1. The number of hydrogen-bond donors (Lipinski definition) is 1. The van der Waals surface area contributed by atoms with E-state index in [0.29, 0.717) is 6.61 Å². The second-order valence-corrected chi connectivity index (χ2v) is 7.22. The molecular formula is C20H25NO2S. The Morgan fingerprint density at radius 1 is 1.08 bits per heavy atom. The summed E-state index contributed by atoms with van der Waals surface area (Å²) in [5.41, 5.74) is 2.29. The molecule has 0 aliphatic heterocycles. The van der Waals surface area contributed by atoms with Crippen LogP contribution in [0.15, 0.2) is 53.4 Å². The van der Waals surface area contributed by atoms with E-state index in [4.69, 9.17) is 4.74 Å². The maximum absolute atomic E-state index is 12.4. The minimum absolute atomic E-state index is 0.0331. The van der Waals surface area contributed by atoms with Gasteiger partial charge in [-0.3, -0.25) is 4.79 Å². The number of ether oxygens (including phenoxy) is 1. The molecule has 0 unspecified atom stereocenters. The Labute approximate surface area is 148 Å². The van der Waals surface area contributed by atoms with E-state index >= 15 is 0 Å². The van der Waals surface area contributed by atoms with Gasteiger partial charge in [-0.25, -0.2) is 0 Å². The maximum Gasteiger partial charge on any atom is 0.233 e. The highest BCUT2D eigenvalue weighted by atomic mass is 32.2.